The maximum absolute atomic E-state index is 6.10. The summed E-state index contributed by atoms with van der Waals surface area (Å²) in [5.74, 6) is 0.865. The van der Waals surface area contributed by atoms with Crippen LogP contribution in [0.15, 0.2) is 53.2 Å². The minimum atomic E-state index is -0.0777. The molecule has 0 amide bonds. The van der Waals surface area contributed by atoms with Crippen LogP contribution in [-0.4, -0.2) is 11.5 Å². The number of aromatic nitrogens is 1. The molecule has 0 radical (unpaired) electrons. The topological polar surface area (TPSA) is 64.1 Å². The zero-order valence-electron chi connectivity index (χ0n) is 12.0. The molecule has 3 rings (SSSR count). The van der Waals surface area contributed by atoms with Crippen LogP contribution >= 0.6 is 0 Å². The number of hydrogen-bond donors (Lipinski definition) is 2. The number of nitrogen functional groups attached to an aromatic ring is 1. The molecule has 0 spiro atoms. The first-order valence-electron chi connectivity index (χ1n) is 7.21. The molecule has 0 aliphatic rings. The van der Waals surface area contributed by atoms with Gasteiger partial charge in [-0.2, -0.15) is 0 Å². The number of pyridine rings is 1. The number of furan rings is 1. The highest BCUT2D eigenvalue weighted by Gasteiger charge is 2.20. The number of nitrogens with one attached hydrogen (secondary N) is 1. The number of fused-ring (bicyclic) bond motifs is 1. The molecule has 0 saturated heterocycles. The van der Waals surface area contributed by atoms with Crippen LogP contribution in [0.4, 0.5) is 5.69 Å². The van der Waals surface area contributed by atoms with Crippen LogP contribution in [0.5, 0.6) is 0 Å². The largest absolute Gasteiger partial charge is 0.459 e. The third-order valence-electron chi connectivity index (χ3n) is 3.53. The van der Waals surface area contributed by atoms with E-state index in [-0.39, 0.29) is 6.04 Å². The third-order valence-corrected chi connectivity index (χ3v) is 3.53. The lowest BCUT2D eigenvalue weighted by Gasteiger charge is -2.17. The number of anilines is 1. The van der Waals surface area contributed by atoms with Gasteiger partial charge in [-0.3, -0.25) is 4.98 Å². The van der Waals surface area contributed by atoms with Gasteiger partial charge in [0.1, 0.15) is 11.3 Å². The zero-order chi connectivity index (χ0) is 14.7. The van der Waals surface area contributed by atoms with E-state index in [9.17, 15) is 0 Å². The van der Waals surface area contributed by atoms with Crippen molar-refractivity contribution >= 4 is 16.7 Å². The normalized spacial score (nSPS) is 12.6. The van der Waals surface area contributed by atoms with Gasteiger partial charge in [-0.25, -0.2) is 0 Å². The second-order valence-corrected chi connectivity index (χ2v) is 5.08. The van der Waals surface area contributed by atoms with Gasteiger partial charge in [0, 0.05) is 29.0 Å². The average molecular weight is 281 g/mol. The van der Waals surface area contributed by atoms with Crippen molar-refractivity contribution in [2.24, 2.45) is 0 Å². The fourth-order valence-corrected chi connectivity index (χ4v) is 2.46. The molecule has 2 aromatic heterocycles. The molecule has 3 N–H and O–H groups in total. The van der Waals surface area contributed by atoms with Crippen molar-refractivity contribution in [3.63, 3.8) is 0 Å². The van der Waals surface area contributed by atoms with Crippen molar-refractivity contribution in [2.45, 2.75) is 19.4 Å². The predicted molar refractivity (Wildman–Crippen MR) is 85.0 cm³/mol. The Bertz CT molecular complexity index is 702. The average Bonchev–Trinajstić information content (AvgIpc) is 2.93. The molecule has 0 fully saturated rings. The highest BCUT2D eigenvalue weighted by molar-refractivity contribution is 5.78. The Kier molecular flexibility index (Phi) is 3.88. The minimum Gasteiger partial charge on any atom is -0.459 e. The van der Waals surface area contributed by atoms with E-state index in [1.54, 1.807) is 12.4 Å². The number of para-hydroxylation sites is 1. The quantitative estimate of drug-likeness (QED) is 0.751. The van der Waals surface area contributed by atoms with Crippen LogP contribution in [0.3, 0.4) is 0 Å². The summed E-state index contributed by atoms with van der Waals surface area (Å²) in [5, 5.41) is 4.59. The number of nitrogens with two attached hydrogens (primary N) is 1. The molecule has 21 heavy (non-hydrogen) atoms. The molecular weight excluding hydrogens is 262 g/mol. The summed E-state index contributed by atoms with van der Waals surface area (Å²) in [6.07, 6.45) is 4.54. The van der Waals surface area contributed by atoms with Crippen molar-refractivity contribution in [1.82, 2.24) is 10.3 Å². The number of hydrogen-bond acceptors (Lipinski definition) is 4. The van der Waals surface area contributed by atoms with Gasteiger partial charge in [-0.15, -0.1) is 0 Å². The first kappa shape index (κ1) is 13.6. The fourth-order valence-electron chi connectivity index (χ4n) is 2.46. The van der Waals surface area contributed by atoms with Gasteiger partial charge in [0.15, 0.2) is 0 Å². The van der Waals surface area contributed by atoms with Gasteiger partial charge in [-0.05, 0) is 31.2 Å². The van der Waals surface area contributed by atoms with Gasteiger partial charge in [0.05, 0.1) is 6.04 Å². The van der Waals surface area contributed by atoms with Crippen molar-refractivity contribution in [3.05, 3.63) is 60.1 Å². The first-order chi connectivity index (χ1) is 10.3. The van der Waals surface area contributed by atoms with Crippen LogP contribution in [-0.2, 0) is 0 Å². The van der Waals surface area contributed by atoms with Gasteiger partial charge in [0.2, 0.25) is 0 Å². The molecule has 1 aromatic carbocycles. The number of benzene rings is 1. The Balaban J connectivity index is 2.04. The molecule has 4 heteroatoms. The maximum atomic E-state index is 6.10. The van der Waals surface area contributed by atoms with Crippen LogP contribution in [0.2, 0.25) is 0 Å². The summed E-state index contributed by atoms with van der Waals surface area (Å²) in [6.45, 7) is 3.02. The Morgan fingerprint density at radius 1 is 1.29 bits per heavy atom. The van der Waals surface area contributed by atoms with Crippen molar-refractivity contribution in [2.75, 3.05) is 12.3 Å². The molecule has 108 valence electrons. The fraction of sp³-hybridized carbons (Fsp3) is 0.235. The molecule has 1 atom stereocenters. The lowest BCUT2D eigenvalue weighted by atomic mass is 10.0. The number of nitrogens with zero attached hydrogens (tertiary/aromatic N) is 1. The lowest BCUT2D eigenvalue weighted by molar-refractivity contribution is 0.469. The Morgan fingerprint density at radius 2 is 2.14 bits per heavy atom. The summed E-state index contributed by atoms with van der Waals surface area (Å²) >= 11 is 0. The molecule has 1 unspecified atom stereocenters. The van der Waals surface area contributed by atoms with E-state index in [2.05, 4.69) is 23.3 Å². The second-order valence-electron chi connectivity index (χ2n) is 5.08. The summed E-state index contributed by atoms with van der Waals surface area (Å²) in [4.78, 5) is 4.19. The van der Waals surface area contributed by atoms with Crippen molar-refractivity contribution in [3.8, 4) is 0 Å². The molecular formula is C17H19N3O. The molecule has 0 bridgehead atoms. The Morgan fingerprint density at radius 3 is 2.90 bits per heavy atom. The van der Waals surface area contributed by atoms with Crippen molar-refractivity contribution in [1.29, 1.82) is 0 Å². The molecule has 0 aliphatic heterocycles. The van der Waals surface area contributed by atoms with E-state index in [4.69, 9.17) is 10.2 Å². The van der Waals surface area contributed by atoms with E-state index in [1.807, 2.05) is 30.3 Å². The molecule has 3 aromatic rings. The summed E-state index contributed by atoms with van der Waals surface area (Å²) in [5.41, 5.74) is 8.66. The smallest absolute Gasteiger partial charge is 0.134 e. The highest BCUT2D eigenvalue weighted by Crippen LogP contribution is 2.30. The molecule has 2 heterocycles. The monoisotopic (exact) mass is 281 g/mol. The van der Waals surface area contributed by atoms with Crippen molar-refractivity contribution < 1.29 is 4.42 Å². The van der Waals surface area contributed by atoms with Crippen LogP contribution in [0.25, 0.3) is 11.0 Å². The number of rotatable bonds is 5. The minimum absolute atomic E-state index is 0.0777. The van der Waals surface area contributed by atoms with E-state index in [0.717, 1.165) is 40.9 Å². The van der Waals surface area contributed by atoms with Crippen LogP contribution in [0, 0.1) is 0 Å². The van der Waals surface area contributed by atoms with E-state index >= 15 is 0 Å². The third kappa shape index (κ3) is 2.76. The SMILES string of the molecule is CCCNC(c1cc2ccccc2o1)c1cnccc1N. The Hall–Kier alpha value is -2.33. The van der Waals surface area contributed by atoms with E-state index < -0.39 is 0 Å². The Labute approximate surface area is 124 Å². The summed E-state index contributed by atoms with van der Waals surface area (Å²) in [7, 11) is 0. The van der Waals surface area contributed by atoms with Crippen LogP contribution < -0.4 is 11.1 Å². The second kappa shape index (κ2) is 5.97. The van der Waals surface area contributed by atoms with Gasteiger partial charge in [-0.1, -0.05) is 25.1 Å². The lowest BCUT2D eigenvalue weighted by Crippen LogP contribution is -2.23. The standard InChI is InChI=1S/C17H19N3O/c1-2-8-20-17(13-11-19-9-7-14(13)18)16-10-12-5-3-4-6-15(12)21-16/h3-7,9-11,17,20H,2,8H2,1H3,(H2,18,19). The van der Waals surface area contributed by atoms with E-state index in [0.29, 0.717) is 0 Å². The van der Waals surface area contributed by atoms with Gasteiger partial charge in [0.25, 0.3) is 0 Å². The summed E-state index contributed by atoms with van der Waals surface area (Å²) < 4.78 is 5.99. The maximum Gasteiger partial charge on any atom is 0.134 e. The van der Waals surface area contributed by atoms with Gasteiger partial charge < -0.3 is 15.5 Å². The predicted octanol–water partition coefficient (Wildman–Crippen LogP) is 3.50. The molecule has 4 nitrogen and oxygen atoms in total. The van der Waals surface area contributed by atoms with Gasteiger partial charge >= 0.3 is 0 Å². The first-order valence-corrected chi connectivity index (χ1v) is 7.21. The molecule has 0 aliphatic carbocycles. The molecule has 0 saturated carbocycles. The van der Waals surface area contributed by atoms with E-state index in [1.165, 1.54) is 0 Å². The van der Waals surface area contributed by atoms with Crippen LogP contribution in [0.1, 0.15) is 30.7 Å². The summed E-state index contributed by atoms with van der Waals surface area (Å²) in [6, 6.07) is 11.8. The highest BCUT2D eigenvalue weighted by atomic mass is 16.3. The zero-order valence-corrected chi connectivity index (χ0v) is 12.0.